The van der Waals surface area contributed by atoms with Crippen LogP contribution in [0.3, 0.4) is 0 Å². The topological polar surface area (TPSA) is 69.6 Å². The van der Waals surface area contributed by atoms with E-state index in [9.17, 15) is 15.0 Å². The van der Waals surface area contributed by atoms with Crippen LogP contribution in [-0.2, 0) is 0 Å². The molecule has 0 saturated heterocycles. The summed E-state index contributed by atoms with van der Waals surface area (Å²) in [6, 6.07) is 6.82. The fraction of sp³-hybridized carbons (Fsp3) is 0. The number of phenolic OH excluding ortho intramolecular Hbond substituents is 2. The molecule has 0 bridgehead atoms. The van der Waals surface area contributed by atoms with Gasteiger partial charge in [-0.2, -0.15) is 0 Å². The lowest BCUT2D eigenvalue weighted by atomic mass is 10.1. The van der Waals surface area contributed by atoms with Gasteiger partial charge < -0.3 is 15.5 Å². The van der Waals surface area contributed by atoms with E-state index in [1.165, 1.54) is 12.1 Å². The second-order valence-corrected chi connectivity index (χ2v) is 5.63. The highest BCUT2D eigenvalue weighted by Crippen LogP contribution is 2.34. The van der Waals surface area contributed by atoms with Gasteiger partial charge in [-0.3, -0.25) is 4.79 Å². The summed E-state index contributed by atoms with van der Waals surface area (Å²) in [5, 5.41) is 21.9. The minimum Gasteiger partial charge on any atom is -0.508 e. The van der Waals surface area contributed by atoms with Gasteiger partial charge in [0.2, 0.25) is 0 Å². The second kappa shape index (κ2) is 5.91. The Kier molecular flexibility index (Phi) is 4.42. The maximum Gasteiger partial charge on any atom is 0.259 e. The number of hydrogen-bond acceptors (Lipinski definition) is 3. The highest BCUT2D eigenvalue weighted by molar-refractivity contribution is 9.10. The average Bonchev–Trinajstić information content (AvgIpc) is 2.33. The predicted octanol–water partition coefficient (Wildman–Crippen LogP) is 4.42. The lowest BCUT2D eigenvalue weighted by molar-refractivity contribution is 0.102. The molecule has 2 rings (SSSR count). The number of carbonyl (C=O) groups excluding carboxylic acids is 1. The number of phenols is 2. The number of amides is 1. The van der Waals surface area contributed by atoms with Gasteiger partial charge in [-0.1, -0.05) is 39.1 Å². The van der Waals surface area contributed by atoms with E-state index in [2.05, 4.69) is 21.2 Å². The molecule has 1 amide bonds. The first-order chi connectivity index (χ1) is 9.38. The maximum absolute atomic E-state index is 12.1. The number of aromatic hydroxyl groups is 2. The summed E-state index contributed by atoms with van der Waals surface area (Å²) in [6.45, 7) is 0. The van der Waals surface area contributed by atoms with Gasteiger partial charge in [0.1, 0.15) is 11.5 Å². The van der Waals surface area contributed by atoms with E-state index in [1.807, 2.05) is 0 Å². The highest BCUT2D eigenvalue weighted by Gasteiger charge is 2.15. The Balaban J connectivity index is 2.33. The average molecular weight is 377 g/mol. The summed E-state index contributed by atoms with van der Waals surface area (Å²) in [6.07, 6.45) is 0. The number of nitrogens with one attached hydrogen (secondary N) is 1. The quantitative estimate of drug-likeness (QED) is 0.726. The standard InChI is InChI=1S/C13H8BrCl2NO3/c14-6-3-9(15)12(10(16)4-6)17-13(20)8-2-1-7(18)5-11(8)19/h1-5,18-19H,(H,17,20). The Hall–Kier alpha value is -1.43. The van der Waals surface area contributed by atoms with Crippen molar-refractivity contribution in [1.82, 2.24) is 0 Å². The molecule has 7 heteroatoms. The van der Waals surface area contributed by atoms with E-state index >= 15 is 0 Å². The van der Waals surface area contributed by atoms with Gasteiger partial charge in [-0.25, -0.2) is 0 Å². The molecular weight excluding hydrogens is 369 g/mol. The van der Waals surface area contributed by atoms with Gasteiger partial charge in [0.05, 0.1) is 21.3 Å². The third kappa shape index (κ3) is 3.17. The fourth-order valence-corrected chi connectivity index (χ4v) is 2.86. The van der Waals surface area contributed by atoms with E-state index in [1.54, 1.807) is 12.1 Å². The zero-order valence-electron chi connectivity index (χ0n) is 9.82. The molecule has 0 atom stereocenters. The lowest BCUT2D eigenvalue weighted by Crippen LogP contribution is -2.12. The number of halogens is 3. The van der Waals surface area contributed by atoms with Gasteiger partial charge in [-0.15, -0.1) is 0 Å². The van der Waals surface area contributed by atoms with Crippen LogP contribution in [0.5, 0.6) is 11.5 Å². The van der Waals surface area contributed by atoms with Crippen molar-refractivity contribution in [3.8, 4) is 11.5 Å². The van der Waals surface area contributed by atoms with Crippen molar-refractivity contribution in [2.45, 2.75) is 0 Å². The molecule has 0 saturated carbocycles. The molecule has 0 heterocycles. The zero-order chi connectivity index (χ0) is 14.9. The third-order valence-corrected chi connectivity index (χ3v) is 3.53. The minimum absolute atomic E-state index is 0.00199. The van der Waals surface area contributed by atoms with E-state index in [0.29, 0.717) is 4.47 Å². The molecule has 0 fully saturated rings. The van der Waals surface area contributed by atoms with Crippen molar-refractivity contribution >= 4 is 50.7 Å². The summed E-state index contributed by atoms with van der Waals surface area (Å²) in [4.78, 5) is 12.1. The Morgan fingerprint density at radius 2 is 1.70 bits per heavy atom. The molecule has 0 aliphatic carbocycles. The highest BCUT2D eigenvalue weighted by atomic mass is 79.9. The molecule has 0 aliphatic heterocycles. The summed E-state index contributed by atoms with van der Waals surface area (Å²) in [5.41, 5.74) is 0.242. The Morgan fingerprint density at radius 1 is 1.10 bits per heavy atom. The lowest BCUT2D eigenvalue weighted by Gasteiger charge is -2.11. The van der Waals surface area contributed by atoms with Crippen molar-refractivity contribution in [3.05, 3.63) is 50.4 Å². The van der Waals surface area contributed by atoms with Crippen LogP contribution >= 0.6 is 39.1 Å². The van der Waals surface area contributed by atoms with Crippen LogP contribution in [0.2, 0.25) is 10.0 Å². The van der Waals surface area contributed by atoms with E-state index in [-0.39, 0.29) is 32.8 Å². The van der Waals surface area contributed by atoms with Crippen molar-refractivity contribution in [2.24, 2.45) is 0 Å². The number of benzene rings is 2. The SMILES string of the molecule is O=C(Nc1c(Cl)cc(Br)cc1Cl)c1ccc(O)cc1O. The molecule has 3 N–H and O–H groups in total. The normalized spacial score (nSPS) is 10.3. The van der Waals surface area contributed by atoms with Crippen LogP contribution in [0.1, 0.15) is 10.4 Å². The van der Waals surface area contributed by atoms with Crippen molar-refractivity contribution in [1.29, 1.82) is 0 Å². The predicted molar refractivity (Wildman–Crippen MR) is 81.9 cm³/mol. The third-order valence-electron chi connectivity index (χ3n) is 2.47. The molecule has 4 nitrogen and oxygen atoms in total. The van der Waals surface area contributed by atoms with Gasteiger partial charge in [0.15, 0.2) is 0 Å². The number of anilines is 1. The largest absolute Gasteiger partial charge is 0.508 e. The van der Waals surface area contributed by atoms with Crippen LogP contribution in [-0.4, -0.2) is 16.1 Å². The van der Waals surface area contributed by atoms with Gasteiger partial charge in [-0.05, 0) is 24.3 Å². The van der Waals surface area contributed by atoms with Gasteiger partial charge in [0, 0.05) is 10.5 Å². The molecule has 2 aromatic carbocycles. The molecule has 2 aromatic rings. The molecule has 0 spiro atoms. The van der Waals surface area contributed by atoms with Crippen LogP contribution in [0.15, 0.2) is 34.8 Å². The molecular formula is C13H8BrCl2NO3. The van der Waals surface area contributed by atoms with Gasteiger partial charge in [0.25, 0.3) is 5.91 Å². The van der Waals surface area contributed by atoms with Crippen molar-refractivity contribution in [2.75, 3.05) is 5.32 Å². The summed E-state index contributed by atoms with van der Waals surface area (Å²) < 4.78 is 0.679. The Bertz CT molecular complexity index is 668. The molecule has 20 heavy (non-hydrogen) atoms. The second-order valence-electron chi connectivity index (χ2n) is 3.90. The first-order valence-electron chi connectivity index (χ1n) is 5.36. The van der Waals surface area contributed by atoms with Crippen LogP contribution < -0.4 is 5.32 Å². The first kappa shape index (κ1) is 15.0. The molecule has 0 radical (unpaired) electrons. The minimum atomic E-state index is -0.589. The van der Waals surface area contributed by atoms with Crippen molar-refractivity contribution < 1.29 is 15.0 Å². The van der Waals surface area contributed by atoms with Crippen LogP contribution in [0.25, 0.3) is 0 Å². The Morgan fingerprint density at radius 3 is 2.25 bits per heavy atom. The van der Waals surface area contributed by atoms with Crippen LogP contribution in [0.4, 0.5) is 5.69 Å². The molecule has 104 valence electrons. The van der Waals surface area contributed by atoms with Gasteiger partial charge >= 0.3 is 0 Å². The summed E-state index contributed by atoms with van der Waals surface area (Å²) in [5.74, 6) is -1.07. The van der Waals surface area contributed by atoms with Crippen LogP contribution in [0, 0.1) is 0 Å². The first-order valence-corrected chi connectivity index (χ1v) is 6.91. The maximum atomic E-state index is 12.1. The van der Waals surface area contributed by atoms with E-state index in [0.717, 1.165) is 6.07 Å². The summed E-state index contributed by atoms with van der Waals surface area (Å²) >= 11 is 15.2. The van der Waals surface area contributed by atoms with Crippen molar-refractivity contribution in [3.63, 3.8) is 0 Å². The van der Waals surface area contributed by atoms with E-state index in [4.69, 9.17) is 23.2 Å². The molecule has 0 aliphatic rings. The number of rotatable bonds is 2. The monoisotopic (exact) mass is 375 g/mol. The Labute approximate surface area is 133 Å². The molecule has 0 aromatic heterocycles. The number of hydrogen-bond donors (Lipinski definition) is 3. The molecule has 0 unspecified atom stereocenters. The number of carbonyl (C=O) groups is 1. The smallest absolute Gasteiger partial charge is 0.259 e. The summed E-state index contributed by atoms with van der Waals surface area (Å²) in [7, 11) is 0. The van der Waals surface area contributed by atoms with E-state index < -0.39 is 5.91 Å². The zero-order valence-corrected chi connectivity index (χ0v) is 12.9. The fourth-order valence-electron chi connectivity index (χ4n) is 1.55.